The molecule has 0 saturated carbocycles. The van der Waals surface area contributed by atoms with Gasteiger partial charge in [-0.3, -0.25) is 9.59 Å². The van der Waals surface area contributed by atoms with Gasteiger partial charge < -0.3 is 14.2 Å². The first-order valence-corrected chi connectivity index (χ1v) is 7.90. The van der Waals surface area contributed by atoms with Crippen molar-refractivity contribution in [3.05, 3.63) is 54.1 Å². The highest BCUT2D eigenvalue weighted by Crippen LogP contribution is 2.24. The average molecular weight is 351 g/mol. The third-order valence-electron chi connectivity index (χ3n) is 3.30. The van der Waals surface area contributed by atoms with E-state index in [9.17, 15) is 9.59 Å². The zero-order valence-corrected chi connectivity index (χ0v) is 14.2. The summed E-state index contributed by atoms with van der Waals surface area (Å²) in [7, 11) is 0. The van der Waals surface area contributed by atoms with Crippen LogP contribution in [-0.2, 0) is 23.8 Å². The van der Waals surface area contributed by atoms with Gasteiger partial charge in [0, 0.05) is 18.9 Å². The van der Waals surface area contributed by atoms with Crippen molar-refractivity contribution in [3.8, 4) is 0 Å². The van der Waals surface area contributed by atoms with Gasteiger partial charge in [0.05, 0.1) is 6.10 Å². The van der Waals surface area contributed by atoms with Gasteiger partial charge in [0.2, 0.25) is 0 Å². The zero-order chi connectivity index (χ0) is 17.5. The minimum absolute atomic E-state index is 0.00901. The van der Waals surface area contributed by atoms with Gasteiger partial charge in [-0.15, -0.1) is 0 Å². The van der Waals surface area contributed by atoms with Crippen molar-refractivity contribution in [3.63, 3.8) is 0 Å². The molecule has 0 N–H and O–H groups in total. The molecule has 1 aliphatic rings. The first kappa shape index (κ1) is 18.2. The quantitative estimate of drug-likeness (QED) is 0.603. The SMILES string of the molecule is CC(=O)OC[C@H]1O[C@H](/C=C(/Cl)c2ccccc2)C=C[C@@H]1OC(C)=O. The Morgan fingerprint density at radius 2 is 1.88 bits per heavy atom. The lowest BCUT2D eigenvalue weighted by molar-refractivity contribution is -0.161. The molecule has 128 valence electrons. The van der Waals surface area contributed by atoms with Crippen LogP contribution < -0.4 is 0 Å². The van der Waals surface area contributed by atoms with Gasteiger partial charge in [-0.1, -0.05) is 48.0 Å². The number of carbonyl (C=O) groups is 2. The summed E-state index contributed by atoms with van der Waals surface area (Å²) in [6.07, 6.45) is 3.60. The molecule has 1 aromatic rings. The normalized spacial score (nSPS) is 23.6. The van der Waals surface area contributed by atoms with Crippen LogP contribution in [0.3, 0.4) is 0 Å². The Balaban J connectivity index is 2.12. The summed E-state index contributed by atoms with van der Waals surface area (Å²) in [6, 6.07) is 9.48. The van der Waals surface area contributed by atoms with Crippen LogP contribution in [0.2, 0.25) is 0 Å². The molecule has 0 fully saturated rings. The standard InChI is InChI=1S/C18H19ClO5/c1-12(20)22-11-18-17(23-13(2)21)9-8-15(24-18)10-16(19)14-6-4-3-5-7-14/h3-10,15,17-18H,11H2,1-2H3/b16-10+/t15-,17-,18+/m0/s1. The molecule has 1 aromatic carbocycles. The van der Waals surface area contributed by atoms with Gasteiger partial charge in [-0.2, -0.15) is 0 Å². The molecule has 0 aromatic heterocycles. The van der Waals surface area contributed by atoms with Crippen molar-refractivity contribution >= 4 is 28.6 Å². The van der Waals surface area contributed by atoms with Crippen LogP contribution in [-0.4, -0.2) is 36.9 Å². The van der Waals surface area contributed by atoms with Crippen LogP contribution in [0.1, 0.15) is 19.4 Å². The summed E-state index contributed by atoms with van der Waals surface area (Å²) >= 11 is 6.31. The minimum Gasteiger partial charge on any atom is -0.463 e. The third kappa shape index (κ3) is 5.51. The van der Waals surface area contributed by atoms with E-state index in [0.717, 1.165) is 5.56 Å². The molecular weight excluding hydrogens is 332 g/mol. The third-order valence-corrected chi connectivity index (χ3v) is 3.65. The lowest BCUT2D eigenvalue weighted by Crippen LogP contribution is -2.41. The highest BCUT2D eigenvalue weighted by molar-refractivity contribution is 6.48. The molecule has 2 rings (SSSR count). The maximum absolute atomic E-state index is 11.2. The molecule has 0 spiro atoms. The number of hydrogen-bond acceptors (Lipinski definition) is 5. The molecular formula is C18H19ClO5. The molecule has 1 heterocycles. The van der Waals surface area contributed by atoms with E-state index in [1.807, 2.05) is 30.3 Å². The van der Waals surface area contributed by atoms with E-state index in [1.165, 1.54) is 13.8 Å². The number of hydrogen-bond donors (Lipinski definition) is 0. The molecule has 6 heteroatoms. The van der Waals surface area contributed by atoms with Crippen molar-refractivity contribution in [2.24, 2.45) is 0 Å². The fraction of sp³-hybridized carbons (Fsp3) is 0.333. The lowest BCUT2D eigenvalue weighted by Gasteiger charge is -2.30. The number of benzene rings is 1. The summed E-state index contributed by atoms with van der Waals surface area (Å²) in [6.45, 7) is 2.61. The zero-order valence-electron chi connectivity index (χ0n) is 13.5. The van der Waals surface area contributed by atoms with Crippen molar-refractivity contribution in [2.75, 3.05) is 6.61 Å². The molecule has 0 radical (unpaired) electrons. The molecule has 0 unspecified atom stereocenters. The maximum Gasteiger partial charge on any atom is 0.303 e. The van der Waals surface area contributed by atoms with E-state index in [0.29, 0.717) is 5.03 Å². The summed E-state index contributed by atoms with van der Waals surface area (Å²) < 4.78 is 16.0. The first-order chi connectivity index (χ1) is 11.5. The van der Waals surface area contributed by atoms with E-state index in [-0.39, 0.29) is 6.61 Å². The van der Waals surface area contributed by atoms with Gasteiger partial charge in [0.1, 0.15) is 18.8 Å². The van der Waals surface area contributed by atoms with Crippen molar-refractivity contribution in [1.29, 1.82) is 0 Å². The summed E-state index contributed by atoms with van der Waals surface area (Å²) in [5.74, 6) is -0.860. The number of ether oxygens (including phenoxy) is 3. The van der Waals surface area contributed by atoms with Crippen molar-refractivity contribution in [1.82, 2.24) is 0 Å². The highest BCUT2D eigenvalue weighted by atomic mass is 35.5. The molecule has 0 saturated heterocycles. The van der Waals surface area contributed by atoms with Crippen molar-refractivity contribution in [2.45, 2.75) is 32.2 Å². The Hall–Kier alpha value is -2.11. The number of rotatable bonds is 5. The molecule has 0 aliphatic carbocycles. The topological polar surface area (TPSA) is 61.8 Å². The Morgan fingerprint density at radius 1 is 1.17 bits per heavy atom. The monoisotopic (exact) mass is 350 g/mol. The van der Waals surface area contributed by atoms with Crippen LogP contribution in [0, 0.1) is 0 Å². The lowest BCUT2D eigenvalue weighted by atomic mass is 10.1. The van der Waals surface area contributed by atoms with Gasteiger partial charge >= 0.3 is 11.9 Å². The molecule has 1 aliphatic heterocycles. The Labute approximate surface area is 145 Å². The van der Waals surface area contributed by atoms with Crippen LogP contribution in [0.4, 0.5) is 0 Å². The Morgan fingerprint density at radius 3 is 2.50 bits per heavy atom. The predicted molar refractivity (Wildman–Crippen MR) is 90.3 cm³/mol. The number of carbonyl (C=O) groups excluding carboxylic acids is 2. The summed E-state index contributed by atoms with van der Waals surface area (Å²) in [5.41, 5.74) is 0.870. The highest BCUT2D eigenvalue weighted by Gasteiger charge is 2.30. The van der Waals surface area contributed by atoms with E-state index in [2.05, 4.69) is 0 Å². The Kier molecular flexibility index (Phi) is 6.58. The molecule has 3 atom stereocenters. The maximum atomic E-state index is 11.2. The summed E-state index contributed by atoms with van der Waals surface area (Å²) in [5, 5.41) is 0.544. The second-order valence-electron chi connectivity index (χ2n) is 5.28. The van der Waals surface area contributed by atoms with Gasteiger partial charge in [-0.25, -0.2) is 0 Å². The fourth-order valence-electron chi connectivity index (χ4n) is 2.24. The second-order valence-corrected chi connectivity index (χ2v) is 5.69. The van der Waals surface area contributed by atoms with E-state index in [4.69, 9.17) is 25.8 Å². The first-order valence-electron chi connectivity index (χ1n) is 7.53. The van der Waals surface area contributed by atoms with E-state index >= 15 is 0 Å². The van der Waals surface area contributed by atoms with Crippen LogP contribution in [0.25, 0.3) is 5.03 Å². The van der Waals surface area contributed by atoms with Gasteiger partial charge in [0.25, 0.3) is 0 Å². The second kappa shape index (κ2) is 8.66. The average Bonchev–Trinajstić information content (AvgIpc) is 2.55. The van der Waals surface area contributed by atoms with Gasteiger partial charge in [-0.05, 0) is 17.7 Å². The van der Waals surface area contributed by atoms with Crippen LogP contribution in [0.15, 0.2) is 48.6 Å². The number of halogens is 1. The van der Waals surface area contributed by atoms with Crippen LogP contribution >= 0.6 is 11.6 Å². The van der Waals surface area contributed by atoms with Crippen LogP contribution in [0.5, 0.6) is 0 Å². The minimum atomic E-state index is -0.609. The molecule has 0 amide bonds. The molecule has 24 heavy (non-hydrogen) atoms. The number of esters is 2. The summed E-state index contributed by atoms with van der Waals surface area (Å²) in [4.78, 5) is 22.2. The molecule has 5 nitrogen and oxygen atoms in total. The molecule has 0 bridgehead atoms. The largest absolute Gasteiger partial charge is 0.463 e. The van der Waals surface area contributed by atoms with Gasteiger partial charge in [0.15, 0.2) is 0 Å². The van der Waals surface area contributed by atoms with E-state index in [1.54, 1.807) is 18.2 Å². The van der Waals surface area contributed by atoms with E-state index < -0.39 is 30.3 Å². The Bertz CT molecular complexity index is 638. The smallest absolute Gasteiger partial charge is 0.303 e. The fourth-order valence-corrected chi connectivity index (χ4v) is 2.49. The van der Waals surface area contributed by atoms with Crippen molar-refractivity contribution < 1.29 is 23.8 Å². The predicted octanol–water partition coefficient (Wildman–Crippen LogP) is 3.08.